The van der Waals surface area contributed by atoms with Crippen molar-refractivity contribution in [3.63, 3.8) is 0 Å². The van der Waals surface area contributed by atoms with Crippen molar-refractivity contribution >= 4 is 11.3 Å². The fourth-order valence-corrected chi connectivity index (χ4v) is 2.08. The van der Waals surface area contributed by atoms with E-state index < -0.39 is 0 Å². The van der Waals surface area contributed by atoms with Crippen LogP contribution in [0.15, 0.2) is 17.5 Å². The molecule has 0 spiro atoms. The Morgan fingerprint density at radius 3 is 3.00 bits per heavy atom. The van der Waals surface area contributed by atoms with Gasteiger partial charge in [-0.1, -0.05) is 0 Å². The zero-order valence-electron chi connectivity index (χ0n) is 7.24. The Morgan fingerprint density at radius 2 is 2.46 bits per heavy atom. The highest BCUT2D eigenvalue weighted by molar-refractivity contribution is 7.13. The van der Waals surface area contributed by atoms with Crippen LogP contribution in [0.4, 0.5) is 0 Å². The minimum absolute atomic E-state index is 0.0113. The van der Waals surface area contributed by atoms with Gasteiger partial charge in [-0.2, -0.15) is 5.10 Å². The molecule has 2 aromatic heterocycles. The van der Waals surface area contributed by atoms with Crippen LogP contribution in [0.25, 0.3) is 10.6 Å². The Morgan fingerprint density at radius 1 is 1.62 bits per heavy atom. The first-order chi connectivity index (χ1) is 6.31. The van der Waals surface area contributed by atoms with Crippen molar-refractivity contribution in [2.24, 2.45) is 0 Å². The van der Waals surface area contributed by atoms with E-state index in [9.17, 15) is 0 Å². The predicted molar refractivity (Wildman–Crippen MR) is 52.6 cm³/mol. The van der Waals surface area contributed by atoms with Crippen LogP contribution in [0.1, 0.15) is 11.3 Å². The molecule has 2 rings (SSSR count). The Hall–Kier alpha value is -1.13. The third kappa shape index (κ3) is 1.50. The molecule has 0 radical (unpaired) electrons. The summed E-state index contributed by atoms with van der Waals surface area (Å²) in [5.74, 6) is 0. The van der Waals surface area contributed by atoms with Gasteiger partial charge in [0, 0.05) is 0 Å². The van der Waals surface area contributed by atoms with Gasteiger partial charge in [-0.05, 0) is 30.0 Å². The molecule has 0 aromatic carbocycles. The molecule has 0 unspecified atom stereocenters. The molecule has 0 amide bonds. The van der Waals surface area contributed by atoms with Crippen LogP contribution < -0.4 is 0 Å². The van der Waals surface area contributed by atoms with Gasteiger partial charge in [0.15, 0.2) is 0 Å². The normalized spacial score (nSPS) is 10.6. The topological polar surface area (TPSA) is 48.9 Å². The second-order valence-corrected chi connectivity index (χ2v) is 3.79. The highest BCUT2D eigenvalue weighted by Gasteiger charge is 2.06. The van der Waals surface area contributed by atoms with Crippen LogP contribution in [0.5, 0.6) is 0 Å². The van der Waals surface area contributed by atoms with Gasteiger partial charge in [-0.25, -0.2) is 0 Å². The maximum absolute atomic E-state index is 8.85. The van der Waals surface area contributed by atoms with Gasteiger partial charge in [-0.15, -0.1) is 11.3 Å². The zero-order chi connectivity index (χ0) is 9.26. The van der Waals surface area contributed by atoms with Gasteiger partial charge in [0.1, 0.15) is 5.69 Å². The molecule has 0 fully saturated rings. The predicted octanol–water partition coefficient (Wildman–Crippen LogP) is 1.94. The number of aromatic amines is 1. The van der Waals surface area contributed by atoms with E-state index in [2.05, 4.69) is 23.2 Å². The molecule has 68 valence electrons. The number of rotatable bonds is 2. The first kappa shape index (κ1) is 8.47. The van der Waals surface area contributed by atoms with Crippen LogP contribution in [-0.2, 0) is 6.61 Å². The summed E-state index contributed by atoms with van der Waals surface area (Å²) < 4.78 is 0. The minimum Gasteiger partial charge on any atom is -0.390 e. The Labute approximate surface area is 80.1 Å². The van der Waals surface area contributed by atoms with E-state index in [1.165, 1.54) is 5.56 Å². The highest BCUT2D eigenvalue weighted by atomic mass is 32.1. The fraction of sp³-hybridized carbons (Fsp3) is 0.222. The number of H-pyrrole nitrogens is 1. The lowest BCUT2D eigenvalue weighted by molar-refractivity contribution is 0.276. The summed E-state index contributed by atoms with van der Waals surface area (Å²) in [5, 5.41) is 17.8. The third-order valence-electron chi connectivity index (χ3n) is 1.90. The summed E-state index contributed by atoms with van der Waals surface area (Å²) in [6.07, 6.45) is 0. The quantitative estimate of drug-likeness (QED) is 0.767. The Bertz CT molecular complexity index is 405. The molecule has 13 heavy (non-hydrogen) atoms. The van der Waals surface area contributed by atoms with Crippen molar-refractivity contribution in [1.29, 1.82) is 0 Å². The largest absolute Gasteiger partial charge is 0.390 e. The van der Waals surface area contributed by atoms with Crippen LogP contribution in [-0.4, -0.2) is 15.3 Å². The van der Waals surface area contributed by atoms with Gasteiger partial charge in [0.05, 0.1) is 17.2 Å². The minimum atomic E-state index is 0.0113. The van der Waals surface area contributed by atoms with E-state index in [1.54, 1.807) is 11.3 Å². The number of aliphatic hydroxyl groups excluding tert-OH is 1. The molecule has 3 nitrogen and oxygen atoms in total. The van der Waals surface area contributed by atoms with Gasteiger partial charge in [0.2, 0.25) is 0 Å². The van der Waals surface area contributed by atoms with Crippen LogP contribution >= 0.6 is 11.3 Å². The molecule has 2 aromatic rings. The van der Waals surface area contributed by atoms with Crippen molar-refractivity contribution in [2.45, 2.75) is 13.5 Å². The first-order valence-corrected chi connectivity index (χ1v) is 4.89. The molecule has 0 atom stereocenters. The average molecular weight is 194 g/mol. The second-order valence-electron chi connectivity index (χ2n) is 2.87. The van der Waals surface area contributed by atoms with E-state index in [1.807, 2.05) is 11.4 Å². The Kier molecular flexibility index (Phi) is 2.16. The maximum atomic E-state index is 8.85. The summed E-state index contributed by atoms with van der Waals surface area (Å²) >= 11 is 1.66. The molecule has 0 aliphatic rings. The molecule has 0 saturated heterocycles. The van der Waals surface area contributed by atoms with E-state index in [0.717, 1.165) is 16.3 Å². The molecule has 0 aliphatic carbocycles. The van der Waals surface area contributed by atoms with Crippen molar-refractivity contribution < 1.29 is 5.11 Å². The smallest absolute Gasteiger partial charge is 0.103 e. The molecule has 0 saturated carbocycles. The van der Waals surface area contributed by atoms with E-state index in [0.29, 0.717) is 0 Å². The Balaban J connectivity index is 2.41. The molecular weight excluding hydrogens is 184 g/mol. The number of aromatic nitrogens is 2. The summed E-state index contributed by atoms with van der Waals surface area (Å²) in [6, 6.07) is 3.94. The number of nitrogens with zero attached hydrogens (tertiary/aromatic N) is 1. The molecular formula is C9H10N2OS. The average Bonchev–Trinajstić information content (AvgIpc) is 2.71. The first-order valence-electron chi connectivity index (χ1n) is 4.01. The number of hydrogen-bond acceptors (Lipinski definition) is 3. The highest BCUT2D eigenvalue weighted by Crippen LogP contribution is 2.27. The van der Waals surface area contributed by atoms with Crippen molar-refractivity contribution in [1.82, 2.24) is 10.2 Å². The lowest BCUT2D eigenvalue weighted by Crippen LogP contribution is -1.79. The van der Waals surface area contributed by atoms with Crippen molar-refractivity contribution in [2.75, 3.05) is 0 Å². The molecule has 0 bridgehead atoms. The summed E-state index contributed by atoms with van der Waals surface area (Å²) in [5.41, 5.74) is 2.89. The van der Waals surface area contributed by atoms with Gasteiger partial charge < -0.3 is 5.11 Å². The molecule has 2 heterocycles. The zero-order valence-corrected chi connectivity index (χ0v) is 8.06. The number of hydrogen-bond donors (Lipinski definition) is 2. The van der Waals surface area contributed by atoms with E-state index >= 15 is 0 Å². The molecule has 2 N–H and O–H groups in total. The van der Waals surface area contributed by atoms with Crippen LogP contribution in [0, 0.1) is 6.92 Å². The van der Waals surface area contributed by atoms with Gasteiger partial charge >= 0.3 is 0 Å². The summed E-state index contributed by atoms with van der Waals surface area (Å²) in [6.45, 7) is 2.07. The van der Waals surface area contributed by atoms with Crippen molar-refractivity contribution in [3.8, 4) is 10.6 Å². The number of nitrogens with one attached hydrogen (secondary N) is 1. The second kappa shape index (κ2) is 3.32. The lowest BCUT2D eigenvalue weighted by Gasteiger charge is -1.90. The lowest BCUT2D eigenvalue weighted by atomic mass is 10.2. The molecule has 0 aliphatic heterocycles. The standard InChI is InChI=1S/C9H10N2OS/c1-6-2-3-13-9(6)8-4-7(5-12)10-11-8/h2-4,12H,5H2,1H3,(H,10,11). The monoisotopic (exact) mass is 194 g/mol. The maximum Gasteiger partial charge on any atom is 0.103 e. The summed E-state index contributed by atoms with van der Waals surface area (Å²) in [4.78, 5) is 1.16. The third-order valence-corrected chi connectivity index (χ3v) is 2.93. The van der Waals surface area contributed by atoms with Crippen LogP contribution in [0.2, 0.25) is 0 Å². The van der Waals surface area contributed by atoms with Crippen molar-refractivity contribution in [3.05, 3.63) is 28.8 Å². The number of aryl methyl sites for hydroxylation is 1. The van der Waals surface area contributed by atoms with Crippen LogP contribution in [0.3, 0.4) is 0 Å². The van der Waals surface area contributed by atoms with E-state index in [-0.39, 0.29) is 6.61 Å². The summed E-state index contributed by atoms with van der Waals surface area (Å²) in [7, 11) is 0. The van der Waals surface area contributed by atoms with Gasteiger partial charge in [-0.3, -0.25) is 5.10 Å². The number of aliphatic hydroxyl groups is 1. The number of thiophene rings is 1. The fourth-order valence-electron chi connectivity index (χ4n) is 1.19. The SMILES string of the molecule is Cc1ccsc1-c1cc(CO)[nH]n1. The molecule has 4 heteroatoms. The van der Waals surface area contributed by atoms with E-state index in [4.69, 9.17) is 5.11 Å². The van der Waals surface area contributed by atoms with Gasteiger partial charge in [0.25, 0.3) is 0 Å².